The summed E-state index contributed by atoms with van der Waals surface area (Å²) in [6.45, 7) is 3.58. The molecule has 0 bridgehead atoms. The summed E-state index contributed by atoms with van der Waals surface area (Å²) in [4.78, 5) is 31.3. The first-order chi connectivity index (χ1) is 14.5. The van der Waals surface area contributed by atoms with Crippen LogP contribution in [0.3, 0.4) is 0 Å². The maximum absolute atomic E-state index is 13.2. The number of hydrazone groups is 1. The number of amides is 2. The number of nitrogens with zero attached hydrogens (tertiary/aromatic N) is 2. The highest BCUT2D eigenvalue weighted by Crippen LogP contribution is 2.29. The van der Waals surface area contributed by atoms with Crippen LogP contribution in [0.4, 0.5) is 5.00 Å². The van der Waals surface area contributed by atoms with Gasteiger partial charge in [-0.15, -0.1) is 22.7 Å². The number of fused-ring (bicyclic) bond motifs is 1. The van der Waals surface area contributed by atoms with Gasteiger partial charge in [0.05, 0.1) is 27.2 Å². The molecule has 0 atom stereocenters. The van der Waals surface area contributed by atoms with Crippen molar-refractivity contribution in [3.8, 4) is 10.6 Å². The molecule has 0 spiro atoms. The Balaban J connectivity index is 1.69. The van der Waals surface area contributed by atoms with E-state index in [1.54, 1.807) is 42.7 Å². The number of carbonyl (C=O) groups excluding carboxylic acids is 2. The zero-order valence-electron chi connectivity index (χ0n) is 16.3. The van der Waals surface area contributed by atoms with Crippen LogP contribution in [0, 0.1) is 0 Å². The Bertz CT molecular complexity index is 1260. The van der Waals surface area contributed by atoms with Crippen LogP contribution in [0.1, 0.15) is 34.6 Å². The van der Waals surface area contributed by atoms with Gasteiger partial charge in [0, 0.05) is 11.1 Å². The quantitative estimate of drug-likeness (QED) is 0.326. The van der Waals surface area contributed by atoms with E-state index in [9.17, 15) is 9.59 Å². The average molecular weight is 435 g/mol. The molecule has 0 aliphatic heterocycles. The van der Waals surface area contributed by atoms with Crippen LogP contribution in [0.15, 0.2) is 64.4 Å². The number of thiophene rings is 2. The molecule has 4 aromatic rings. The first-order valence-corrected chi connectivity index (χ1v) is 10.9. The van der Waals surface area contributed by atoms with Crippen LogP contribution in [-0.4, -0.2) is 22.5 Å². The van der Waals surface area contributed by atoms with E-state index in [2.05, 4.69) is 15.8 Å². The summed E-state index contributed by atoms with van der Waals surface area (Å²) in [5.74, 6) is -0.662. The number of carbonyl (C=O) groups is 2. The lowest BCUT2D eigenvalue weighted by atomic mass is 10.1. The van der Waals surface area contributed by atoms with Crippen LogP contribution in [0.25, 0.3) is 21.5 Å². The van der Waals surface area contributed by atoms with Crippen LogP contribution < -0.4 is 10.7 Å². The maximum atomic E-state index is 13.2. The van der Waals surface area contributed by atoms with Crippen molar-refractivity contribution in [3.05, 3.63) is 70.4 Å². The first-order valence-electron chi connectivity index (χ1n) is 9.16. The molecular formula is C22H18N4O2S2. The van der Waals surface area contributed by atoms with Gasteiger partial charge in [-0.2, -0.15) is 5.10 Å². The third-order valence-electron chi connectivity index (χ3n) is 4.25. The molecule has 0 fully saturated rings. The molecule has 6 nitrogen and oxygen atoms in total. The number of nitrogens with one attached hydrogen (secondary N) is 2. The van der Waals surface area contributed by atoms with Crippen LogP contribution >= 0.6 is 22.7 Å². The zero-order chi connectivity index (χ0) is 21.1. The largest absolute Gasteiger partial charge is 0.313 e. The minimum atomic E-state index is -0.369. The van der Waals surface area contributed by atoms with E-state index in [1.807, 2.05) is 41.8 Å². The number of pyridine rings is 1. The normalized spacial score (nSPS) is 10.6. The van der Waals surface area contributed by atoms with Crippen molar-refractivity contribution in [2.24, 2.45) is 5.10 Å². The van der Waals surface area contributed by atoms with Gasteiger partial charge in [0.2, 0.25) is 0 Å². The Hall–Kier alpha value is -3.36. The second-order valence-electron chi connectivity index (χ2n) is 6.67. The Kier molecular flexibility index (Phi) is 5.69. The van der Waals surface area contributed by atoms with E-state index in [-0.39, 0.29) is 11.8 Å². The molecule has 2 amide bonds. The maximum Gasteiger partial charge on any atom is 0.274 e. The number of rotatable bonds is 5. The molecular weight excluding hydrogens is 416 g/mol. The summed E-state index contributed by atoms with van der Waals surface area (Å²) >= 11 is 2.85. The fraction of sp³-hybridized carbons (Fsp3) is 0.0909. The molecule has 0 aliphatic rings. The second kappa shape index (κ2) is 8.56. The first kappa shape index (κ1) is 19.9. The average Bonchev–Trinajstić information content (AvgIpc) is 3.43. The SMILES string of the molecule is CC(C)=NNC(=O)c1ccsc1NC(=O)c1cc(-c2cccs2)nc2ccccc12. The molecule has 0 aliphatic carbocycles. The molecule has 0 radical (unpaired) electrons. The summed E-state index contributed by atoms with van der Waals surface area (Å²) in [6, 6.07) is 14.9. The van der Waals surface area contributed by atoms with Gasteiger partial charge in [0.1, 0.15) is 5.00 Å². The van der Waals surface area contributed by atoms with Gasteiger partial charge in [-0.25, -0.2) is 10.4 Å². The van der Waals surface area contributed by atoms with E-state index in [1.165, 1.54) is 11.3 Å². The molecule has 2 N–H and O–H groups in total. The molecule has 3 aromatic heterocycles. The highest BCUT2D eigenvalue weighted by Gasteiger charge is 2.19. The van der Waals surface area contributed by atoms with Gasteiger partial charge in [0.15, 0.2) is 0 Å². The van der Waals surface area contributed by atoms with Crippen molar-refractivity contribution in [1.82, 2.24) is 10.4 Å². The lowest BCUT2D eigenvalue weighted by Crippen LogP contribution is -2.20. The molecule has 0 unspecified atom stereocenters. The van der Waals surface area contributed by atoms with Crippen LogP contribution in [0.5, 0.6) is 0 Å². The standard InChI is InChI=1S/C22H18N4O2S2/c1-13(2)25-26-21(28)15-9-11-30-22(15)24-20(27)16-12-18(19-8-5-10-29-19)23-17-7-4-3-6-14(16)17/h3-12H,1-2H3,(H,24,27)(H,26,28). The zero-order valence-corrected chi connectivity index (χ0v) is 17.9. The number of aromatic nitrogens is 1. The van der Waals surface area contributed by atoms with E-state index >= 15 is 0 Å². The molecule has 3 heterocycles. The fourth-order valence-corrected chi connectivity index (χ4v) is 4.36. The number of benzene rings is 1. The predicted octanol–water partition coefficient (Wildman–Crippen LogP) is 5.40. The summed E-state index contributed by atoms with van der Waals surface area (Å²) < 4.78 is 0. The smallest absolute Gasteiger partial charge is 0.274 e. The van der Waals surface area contributed by atoms with Crippen molar-refractivity contribution in [1.29, 1.82) is 0 Å². The molecule has 0 saturated heterocycles. The molecule has 8 heteroatoms. The lowest BCUT2D eigenvalue weighted by Gasteiger charge is -2.10. The summed E-state index contributed by atoms with van der Waals surface area (Å²) in [5, 5.41) is 11.8. The van der Waals surface area contributed by atoms with E-state index in [4.69, 9.17) is 4.98 Å². The van der Waals surface area contributed by atoms with Gasteiger partial charge in [-0.05, 0) is 48.9 Å². The monoisotopic (exact) mass is 434 g/mol. The number of anilines is 1. The molecule has 0 saturated carbocycles. The lowest BCUT2D eigenvalue weighted by molar-refractivity contribution is 0.0956. The van der Waals surface area contributed by atoms with Gasteiger partial charge in [-0.1, -0.05) is 24.3 Å². The number of hydrogen-bond acceptors (Lipinski definition) is 6. The Morgan fingerprint density at radius 3 is 2.53 bits per heavy atom. The second-order valence-corrected chi connectivity index (χ2v) is 8.53. The van der Waals surface area contributed by atoms with Crippen molar-refractivity contribution in [2.45, 2.75) is 13.8 Å². The third kappa shape index (κ3) is 4.14. The van der Waals surface area contributed by atoms with E-state index in [0.29, 0.717) is 16.1 Å². The summed E-state index contributed by atoms with van der Waals surface area (Å²) in [7, 11) is 0. The highest BCUT2D eigenvalue weighted by atomic mass is 32.1. The minimum absolute atomic E-state index is 0.293. The summed E-state index contributed by atoms with van der Waals surface area (Å²) in [6.07, 6.45) is 0. The van der Waals surface area contributed by atoms with Crippen molar-refractivity contribution in [2.75, 3.05) is 5.32 Å². The summed E-state index contributed by atoms with van der Waals surface area (Å²) in [5.41, 5.74) is 5.58. The topological polar surface area (TPSA) is 83.5 Å². The highest BCUT2D eigenvalue weighted by molar-refractivity contribution is 7.14. The van der Waals surface area contributed by atoms with E-state index in [0.717, 1.165) is 27.2 Å². The predicted molar refractivity (Wildman–Crippen MR) is 124 cm³/mol. The molecule has 1 aromatic carbocycles. The Morgan fingerprint density at radius 1 is 0.933 bits per heavy atom. The van der Waals surface area contributed by atoms with E-state index < -0.39 is 0 Å². The van der Waals surface area contributed by atoms with Crippen LogP contribution in [0.2, 0.25) is 0 Å². The minimum Gasteiger partial charge on any atom is -0.313 e. The molecule has 4 rings (SSSR count). The Labute approximate surface area is 181 Å². The molecule has 30 heavy (non-hydrogen) atoms. The number of para-hydroxylation sites is 1. The van der Waals surface area contributed by atoms with Crippen molar-refractivity contribution in [3.63, 3.8) is 0 Å². The van der Waals surface area contributed by atoms with Crippen LogP contribution in [-0.2, 0) is 0 Å². The Morgan fingerprint density at radius 2 is 1.77 bits per heavy atom. The third-order valence-corrected chi connectivity index (χ3v) is 5.97. The van der Waals surface area contributed by atoms with Crippen molar-refractivity contribution < 1.29 is 9.59 Å². The van der Waals surface area contributed by atoms with Crippen molar-refractivity contribution >= 4 is 56.1 Å². The van der Waals surface area contributed by atoms with Gasteiger partial charge < -0.3 is 5.32 Å². The molecule has 150 valence electrons. The van der Waals surface area contributed by atoms with Gasteiger partial charge in [-0.3, -0.25) is 9.59 Å². The fourth-order valence-electron chi connectivity index (χ4n) is 2.89. The number of hydrogen-bond donors (Lipinski definition) is 2. The van der Waals surface area contributed by atoms with Gasteiger partial charge >= 0.3 is 0 Å². The van der Waals surface area contributed by atoms with Gasteiger partial charge in [0.25, 0.3) is 11.8 Å².